The quantitative estimate of drug-likeness (QED) is 0.670. The van der Waals surface area contributed by atoms with Crippen LogP contribution in [0, 0.1) is 11.3 Å². The summed E-state index contributed by atoms with van der Waals surface area (Å²) in [5, 5.41) is 10.5. The van der Waals surface area contributed by atoms with E-state index in [1.807, 2.05) is 30.5 Å². The third-order valence-corrected chi connectivity index (χ3v) is 4.40. The number of nitriles is 1. The zero-order valence-electron chi connectivity index (χ0n) is 11.7. The molecular weight excluding hydrogens is 304 g/mol. The number of hydrogen-bond donors (Lipinski definition) is 1. The molecule has 1 heterocycles. The van der Waals surface area contributed by atoms with Crippen molar-refractivity contribution in [2.24, 2.45) is 0 Å². The molecule has 1 aromatic carbocycles. The Morgan fingerprint density at radius 1 is 1.33 bits per heavy atom. The summed E-state index contributed by atoms with van der Waals surface area (Å²) in [6.07, 6.45) is 1.86. The fourth-order valence-corrected chi connectivity index (χ4v) is 3.22. The number of benzene rings is 1. The average molecular weight is 318 g/mol. The summed E-state index contributed by atoms with van der Waals surface area (Å²) in [4.78, 5) is 8.25. The largest absolute Gasteiger partial charge is 0.497 e. The minimum Gasteiger partial charge on any atom is -0.497 e. The number of nitrogen functional groups attached to an aromatic ring is 1. The van der Waals surface area contributed by atoms with Crippen molar-refractivity contribution < 1.29 is 4.74 Å². The second kappa shape index (κ2) is 7.20. The maximum Gasteiger partial charge on any atom is 0.222 e. The molecule has 1 aromatic heterocycles. The Balaban J connectivity index is 2.23. The molecular formula is C14H14N4OS2. The highest BCUT2D eigenvalue weighted by Crippen LogP contribution is 2.30. The normalized spacial score (nSPS) is 10.1. The number of methoxy groups -OCH3 is 1. The number of anilines is 1. The van der Waals surface area contributed by atoms with Gasteiger partial charge in [0.25, 0.3) is 0 Å². The van der Waals surface area contributed by atoms with Crippen LogP contribution in [0.4, 0.5) is 5.95 Å². The van der Waals surface area contributed by atoms with Crippen molar-refractivity contribution in [2.45, 2.75) is 15.8 Å². The molecule has 2 N–H and O–H groups in total. The summed E-state index contributed by atoms with van der Waals surface area (Å²) in [6.45, 7) is 0. The van der Waals surface area contributed by atoms with Crippen LogP contribution in [-0.2, 0) is 5.75 Å². The molecule has 0 bridgehead atoms. The van der Waals surface area contributed by atoms with Crippen LogP contribution in [0.3, 0.4) is 0 Å². The van der Waals surface area contributed by atoms with Crippen LogP contribution in [0.5, 0.6) is 5.75 Å². The highest BCUT2D eigenvalue weighted by molar-refractivity contribution is 7.99. The molecule has 21 heavy (non-hydrogen) atoms. The number of nitrogens with two attached hydrogens (primary N) is 1. The molecule has 0 aliphatic carbocycles. The molecule has 0 aliphatic heterocycles. The van der Waals surface area contributed by atoms with Crippen molar-refractivity contribution in [3.63, 3.8) is 0 Å². The van der Waals surface area contributed by atoms with Crippen molar-refractivity contribution in [3.8, 4) is 11.8 Å². The van der Waals surface area contributed by atoms with Crippen molar-refractivity contribution in [1.82, 2.24) is 9.97 Å². The molecule has 0 radical (unpaired) electrons. The molecule has 0 fully saturated rings. The predicted molar refractivity (Wildman–Crippen MR) is 85.5 cm³/mol. The van der Waals surface area contributed by atoms with E-state index in [1.54, 1.807) is 7.11 Å². The van der Waals surface area contributed by atoms with Gasteiger partial charge in [0.05, 0.1) is 7.11 Å². The number of nitrogens with zero attached hydrogens (tertiary/aromatic N) is 3. The van der Waals surface area contributed by atoms with Crippen LogP contribution in [0.15, 0.2) is 34.3 Å². The molecule has 0 unspecified atom stereocenters. The zero-order valence-corrected chi connectivity index (χ0v) is 13.3. The fraction of sp³-hybridized carbons (Fsp3) is 0.214. The van der Waals surface area contributed by atoms with Crippen LogP contribution in [0.1, 0.15) is 11.1 Å². The summed E-state index contributed by atoms with van der Waals surface area (Å²) in [7, 11) is 1.63. The van der Waals surface area contributed by atoms with Gasteiger partial charge in [-0.2, -0.15) is 5.26 Å². The molecule has 2 aromatic rings. The van der Waals surface area contributed by atoms with Gasteiger partial charge < -0.3 is 10.5 Å². The van der Waals surface area contributed by atoms with Crippen molar-refractivity contribution in [2.75, 3.05) is 19.1 Å². The van der Waals surface area contributed by atoms with Crippen molar-refractivity contribution in [3.05, 3.63) is 35.4 Å². The van der Waals surface area contributed by atoms with Gasteiger partial charge in [0, 0.05) is 5.75 Å². The van der Waals surface area contributed by atoms with E-state index in [0.717, 1.165) is 11.3 Å². The van der Waals surface area contributed by atoms with Gasteiger partial charge in [-0.25, -0.2) is 9.97 Å². The minimum atomic E-state index is 0.187. The smallest absolute Gasteiger partial charge is 0.222 e. The SMILES string of the molecule is COc1cccc(CSc2nc(N)nc(SC)c2C#N)c1. The lowest BCUT2D eigenvalue weighted by atomic mass is 10.2. The van der Waals surface area contributed by atoms with E-state index in [0.29, 0.717) is 21.4 Å². The second-order valence-electron chi connectivity index (χ2n) is 4.02. The Labute approximate surface area is 131 Å². The maximum absolute atomic E-state index is 9.28. The topological polar surface area (TPSA) is 84.8 Å². The first-order valence-electron chi connectivity index (χ1n) is 6.05. The Bertz CT molecular complexity index is 685. The number of thioether (sulfide) groups is 2. The highest BCUT2D eigenvalue weighted by atomic mass is 32.2. The first-order valence-corrected chi connectivity index (χ1v) is 8.26. The molecule has 0 saturated heterocycles. The highest BCUT2D eigenvalue weighted by Gasteiger charge is 2.13. The van der Waals surface area contributed by atoms with E-state index in [2.05, 4.69) is 16.0 Å². The van der Waals surface area contributed by atoms with Gasteiger partial charge in [-0.15, -0.1) is 23.5 Å². The predicted octanol–water partition coefficient (Wildman–Crippen LogP) is 2.95. The Morgan fingerprint density at radius 2 is 2.10 bits per heavy atom. The Hall–Kier alpha value is -1.91. The van der Waals surface area contributed by atoms with E-state index < -0.39 is 0 Å². The first-order chi connectivity index (χ1) is 10.2. The van der Waals surface area contributed by atoms with Gasteiger partial charge in [0.1, 0.15) is 27.4 Å². The first kappa shape index (κ1) is 15.5. The van der Waals surface area contributed by atoms with Crippen LogP contribution >= 0.6 is 23.5 Å². The van der Waals surface area contributed by atoms with E-state index in [4.69, 9.17) is 10.5 Å². The molecule has 2 rings (SSSR count). The van der Waals surface area contributed by atoms with Crippen LogP contribution in [0.2, 0.25) is 0 Å². The van der Waals surface area contributed by atoms with Gasteiger partial charge in [0.2, 0.25) is 5.95 Å². The third kappa shape index (κ3) is 3.80. The van der Waals surface area contributed by atoms with Gasteiger partial charge in [-0.1, -0.05) is 12.1 Å². The van der Waals surface area contributed by atoms with E-state index >= 15 is 0 Å². The molecule has 0 spiro atoms. The molecule has 0 saturated carbocycles. The van der Waals surface area contributed by atoms with Gasteiger partial charge in [-0.05, 0) is 24.0 Å². The monoisotopic (exact) mass is 318 g/mol. The fourth-order valence-electron chi connectivity index (χ4n) is 1.70. The molecule has 7 heteroatoms. The average Bonchev–Trinajstić information content (AvgIpc) is 2.52. The van der Waals surface area contributed by atoms with Crippen LogP contribution in [-0.4, -0.2) is 23.3 Å². The van der Waals surface area contributed by atoms with Crippen molar-refractivity contribution >= 4 is 29.5 Å². The van der Waals surface area contributed by atoms with Crippen molar-refractivity contribution in [1.29, 1.82) is 5.26 Å². The lowest BCUT2D eigenvalue weighted by molar-refractivity contribution is 0.414. The van der Waals surface area contributed by atoms with Crippen LogP contribution in [0.25, 0.3) is 0 Å². The van der Waals surface area contributed by atoms with E-state index in [-0.39, 0.29) is 5.95 Å². The maximum atomic E-state index is 9.28. The van der Waals surface area contributed by atoms with Gasteiger partial charge in [0.15, 0.2) is 0 Å². The molecule has 0 atom stereocenters. The summed E-state index contributed by atoms with van der Waals surface area (Å²) < 4.78 is 5.20. The minimum absolute atomic E-state index is 0.187. The second-order valence-corrected chi connectivity index (χ2v) is 5.78. The summed E-state index contributed by atoms with van der Waals surface area (Å²) in [5.41, 5.74) is 7.26. The molecule has 5 nitrogen and oxygen atoms in total. The number of aromatic nitrogens is 2. The summed E-state index contributed by atoms with van der Waals surface area (Å²) >= 11 is 2.85. The zero-order chi connectivity index (χ0) is 15.2. The molecule has 0 amide bonds. The standard InChI is InChI=1S/C14H14N4OS2/c1-19-10-5-3-4-9(6-10)8-21-13-11(7-15)12(20-2)17-14(16)18-13/h3-6H,8H2,1-2H3,(H2,16,17,18). The number of hydrogen-bond acceptors (Lipinski definition) is 7. The number of rotatable bonds is 5. The van der Waals surface area contributed by atoms with E-state index in [1.165, 1.54) is 23.5 Å². The Morgan fingerprint density at radius 3 is 2.76 bits per heavy atom. The summed E-state index contributed by atoms with van der Waals surface area (Å²) in [5.74, 6) is 1.67. The van der Waals surface area contributed by atoms with E-state index in [9.17, 15) is 5.26 Å². The Kier molecular flexibility index (Phi) is 5.31. The third-order valence-electron chi connectivity index (χ3n) is 2.67. The van der Waals surface area contributed by atoms with Gasteiger partial charge >= 0.3 is 0 Å². The lowest BCUT2D eigenvalue weighted by Crippen LogP contribution is -2.01. The molecule has 0 aliphatic rings. The number of ether oxygens (including phenoxy) is 1. The van der Waals surface area contributed by atoms with Crippen LogP contribution < -0.4 is 10.5 Å². The summed E-state index contributed by atoms with van der Waals surface area (Å²) in [6, 6.07) is 9.94. The van der Waals surface area contributed by atoms with Gasteiger partial charge in [-0.3, -0.25) is 0 Å². The lowest BCUT2D eigenvalue weighted by Gasteiger charge is -2.08. The molecule has 108 valence electrons.